The number of carbonyl (C=O) groups excluding carboxylic acids is 6. The predicted octanol–water partition coefficient (Wildman–Crippen LogP) is 0.645. The Labute approximate surface area is 127 Å². The van der Waals surface area contributed by atoms with E-state index in [2.05, 4.69) is 9.47 Å². The lowest BCUT2D eigenvalue weighted by atomic mass is 10.2. The summed E-state index contributed by atoms with van der Waals surface area (Å²) in [7, 11) is 0. The normalized spacial score (nSPS) is 9.64. The molecule has 0 heterocycles. The van der Waals surface area contributed by atoms with Gasteiger partial charge in [-0.2, -0.15) is 0 Å². The smallest absolute Gasteiger partial charge is 0.313 e. The largest absolute Gasteiger partial charge is 0.393 e. The van der Waals surface area contributed by atoms with Crippen molar-refractivity contribution in [1.82, 2.24) is 0 Å². The van der Waals surface area contributed by atoms with Gasteiger partial charge >= 0.3 is 23.9 Å². The van der Waals surface area contributed by atoms with Gasteiger partial charge in [-0.05, 0) is 12.8 Å². The quantitative estimate of drug-likeness (QED) is 0.236. The summed E-state index contributed by atoms with van der Waals surface area (Å²) in [5, 5.41) is 0. The third kappa shape index (κ3) is 11.4. The zero-order chi connectivity index (χ0) is 16.8. The number of hydrogen-bond donors (Lipinski definition) is 0. The van der Waals surface area contributed by atoms with Crippen molar-refractivity contribution in [2.45, 2.75) is 51.4 Å². The number of rotatable bonds is 11. The molecular formula is C14H18O8. The molecular weight excluding hydrogens is 296 g/mol. The molecule has 0 unspecified atom stereocenters. The summed E-state index contributed by atoms with van der Waals surface area (Å²) in [4.78, 5) is 64.5. The molecule has 0 aliphatic carbocycles. The van der Waals surface area contributed by atoms with E-state index in [1.807, 2.05) is 0 Å². The molecule has 0 aromatic rings. The minimum absolute atomic E-state index is 0.00388. The highest BCUT2D eigenvalue weighted by molar-refractivity contribution is 5.87. The second-order valence-electron chi connectivity index (χ2n) is 4.31. The van der Waals surface area contributed by atoms with Gasteiger partial charge in [-0.15, -0.1) is 0 Å². The highest BCUT2D eigenvalue weighted by atomic mass is 16.6. The van der Waals surface area contributed by atoms with Crippen molar-refractivity contribution in [2.75, 3.05) is 0 Å². The summed E-state index contributed by atoms with van der Waals surface area (Å²) >= 11 is 0. The second kappa shape index (κ2) is 12.4. The highest BCUT2D eigenvalue weighted by Gasteiger charge is 2.12. The first-order chi connectivity index (χ1) is 10.5. The van der Waals surface area contributed by atoms with Crippen molar-refractivity contribution in [3.63, 3.8) is 0 Å². The number of unbranched alkanes of at least 4 members (excludes halogenated alkanes) is 1. The third-order valence-corrected chi connectivity index (χ3v) is 2.40. The van der Waals surface area contributed by atoms with Crippen LogP contribution in [-0.4, -0.2) is 36.4 Å². The minimum atomic E-state index is -0.766. The molecule has 0 aliphatic heterocycles. The lowest BCUT2D eigenvalue weighted by Gasteiger charge is -2.03. The van der Waals surface area contributed by atoms with Gasteiger partial charge in [-0.3, -0.25) is 19.2 Å². The molecule has 0 aliphatic rings. The van der Waals surface area contributed by atoms with Gasteiger partial charge in [0.1, 0.15) is 12.6 Å². The maximum atomic E-state index is 11.2. The molecule has 0 fully saturated rings. The average Bonchev–Trinajstić information content (AvgIpc) is 2.47. The van der Waals surface area contributed by atoms with E-state index in [0.29, 0.717) is 12.6 Å². The average molecular weight is 314 g/mol. The van der Waals surface area contributed by atoms with E-state index in [1.54, 1.807) is 0 Å². The molecule has 122 valence electrons. The SMILES string of the molecule is O=CCCC(=O)OC(=O)CCCCC(=O)OC(=O)CCC=O. The summed E-state index contributed by atoms with van der Waals surface area (Å²) in [6.45, 7) is 0. The third-order valence-electron chi connectivity index (χ3n) is 2.40. The van der Waals surface area contributed by atoms with Crippen molar-refractivity contribution in [1.29, 1.82) is 0 Å². The van der Waals surface area contributed by atoms with Crippen LogP contribution in [0.15, 0.2) is 0 Å². The Morgan fingerprint density at radius 2 is 0.909 bits per heavy atom. The van der Waals surface area contributed by atoms with Gasteiger partial charge in [-0.1, -0.05) is 0 Å². The van der Waals surface area contributed by atoms with E-state index in [0.717, 1.165) is 0 Å². The van der Waals surface area contributed by atoms with E-state index < -0.39 is 23.9 Å². The Balaban J connectivity index is 3.70. The zero-order valence-corrected chi connectivity index (χ0v) is 12.1. The first-order valence-electron chi connectivity index (χ1n) is 6.84. The van der Waals surface area contributed by atoms with E-state index in [4.69, 9.17) is 0 Å². The number of ether oxygens (including phenoxy) is 2. The van der Waals surface area contributed by atoms with Crippen molar-refractivity contribution in [3.8, 4) is 0 Å². The van der Waals surface area contributed by atoms with Crippen LogP contribution in [-0.2, 0) is 38.2 Å². The summed E-state index contributed by atoms with van der Waals surface area (Å²) in [6, 6.07) is 0. The van der Waals surface area contributed by atoms with Crippen LogP contribution in [0.3, 0.4) is 0 Å². The van der Waals surface area contributed by atoms with Gasteiger partial charge in [0.05, 0.1) is 12.8 Å². The molecule has 0 saturated heterocycles. The van der Waals surface area contributed by atoms with E-state index in [9.17, 15) is 28.8 Å². The molecule has 0 N–H and O–H groups in total. The van der Waals surface area contributed by atoms with Crippen LogP contribution in [0.5, 0.6) is 0 Å². The van der Waals surface area contributed by atoms with E-state index >= 15 is 0 Å². The van der Waals surface area contributed by atoms with Crippen LogP contribution in [0.25, 0.3) is 0 Å². The molecule has 0 rings (SSSR count). The Morgan fingerprint density at radius 3 is 1.23 bits per heavy atom. The molecule has 0 radical (unpaired) electrons. The number of hydrogen-bond acceptors (Lipinski definition) is 8. The Hall–Kier alpha value is -2.38. The fourth-order valence-electron chi connectivity index (χ4n) is 1.35. The molecule has 8 nitrogen and oxygen atoms in total. The monoisotopic (exact) mass is 314 g/mol. The first kappa shape index (κ1) is 19.6. The molecule has 0 bridgehead atoms. The Bertz CT molecular complexity index is 387. The molecule has 22 heavy (non-hydrogen) atoms. The van der Waals surface area contributed by atoms with Crippen LogP contribution in [0.4, 0.5) is 0 Å². The maximum absolute atomic E-state index is 11.2. The molecule has 0 aromatic heterocycles. The van der Waals surface area contributed by atoms with E-state index in [-0.39, 0.29) is 51.4 Å². The zero-order valence-electron chi connectivity index (χ0n) is 12.1. The van der Waals surface area contributed by atoms with Gasteiger partial charge in [0, 0.05) is 25.7 Å². The highest BCUT2D eigenvalue weighted by Crippen LogP contribution is 2.04. The second-order valence-corrected chi connectivity index (χ2v) is 4.31. The van der Waals surface area contributed by atoms with Crippen molar-refractivity contribution < 1.29 is 38.2 Å². The number of aldehydes is 2. The molecule has 0 aromatic carbocycles. The van der Waals surface area contributed by atoms with Crippen LogP contribution in [0.2, 0.25) is 0 Å². The van der Waals surface area contributed by atoms with Crippen LogP contribution >= 0.6 is 0 Å². The number of carbonyl (C=O) groups is 6. The van der Waals surface area contributed by atoms with Crippen LogP contribution < -0.4 is 0 Å². The molecule has 0 atom stereocenters. The van der Waals surface area contributed by atoms with Gasteiger partial charge in [0.15, 0.2) is 0 Å². The van der Waals surface area contributed by atoms with Gasteiger partial charge < -0.3 is 19.1 Å². The van der Waals surface area contributed by atoms with Gasteiger partial charge in [-0.25, -0.2) is 0 Å². The summed E-state index contributed by atoms with van der Waals surface area (Å²) in [5.41, 5.74) is 0. The Morgan fingerprint density at radius 1 is 0.591 bits per heavy atom. The fourth-order valence-corrected chi connectivity index (χ4v) is 1.35. The van der Waals surface area contributed by atoms with Gasteiger partial charge in [0.25, 0.3) is 0 Å². The molecule has 8 heteroatoms. The standard InChI is InChI=1S/C14H18O8/c15-9-3-7-13(19)21-11(17)5-1-2-6-12(18)22-14(20)8-4-10-16/h9-10H,1-8H2. The van der Waals surface area contributed by atoms with Gasteiger partial charge in [0.2, 0.25) is 0 Å². The fraction of sp³-hybridized carbons (Fsp3) is 0.571. The minimum Gasteiger partial charge on any atom is -0.393 e. The lowest BCUT2D eigenvalue weighted by Crippen LogP contribution is -2.13. The Kier molecular flexibility index (Phi) is 11.0. The summed E-state index contributed by atoms with van der Waals surface area (Å²) < 4.78 is 8.86. The maximum Gasteiger partial charge on any atom is 0.313 e. The first-order valence-corrected chi connectivity index (χ1v) is 6.84. The molecule has 0 saturated carbocycles. The van der Waals surface area contributed by atoms with Crippen molar-refractivity contribution >= 4 is 36.4 Å². The van der Waals surface area contributed by atoms with Crippen LogP contribution in [0, 0.1) is 0 Å². The van der Waals surface area contributed by atoms with E-state index in [1.165, 1.54) is 0 Å². The number of esters is 4. The predicted molar refractivity (Wildman–Crippen MR) is 71.3 cm³/mol. The summed E-state index contributed by atoms with van der Waals surface area (Å²) in [5.74, 6) is -2.99. The topological polar surface area (TPSA) is 121 Å². The van der Waals surface area contributed by atoms with Crippen molar-refractivity contribution in [3.05, 3.63) is 0 Å². The van der Waals surface area contributed by atoms with Crippen LogP contribution in [0.1, 0.15) is 51.4 Å². The lowest BCUT2D eigenvalue weighted by molar-refractivity contribution is -0.162. The molecule has 0 amide bonds. The summed E-state index contributed by atoms with van der Waals surface area (Å²) in [6.07, 6.45) is 1.26. The molecule has 0 spiro atoms. The van der Waals surface area contributed by atoms with Crippen molar-refractivity contribution in [2.24, 2.45) is 0 Å².